The van der Waals surface area contributed by atoms with E-state index in [1.807, 2.05) is 9.80 Å². The van der Waals surface area contributed by atoms with E-state index < -0.39 is 0 Å². The molecule has 1 N–H and O–H groups in total. The van der Waals surface area contributed by atoms with Crippen molar-refractivity contribution in [2.24, 2.45) is 0 Å². The minimum Gasteiger partial charge on any atom is -0.355 e. The van der Waals surface area contributed by atoms with Gasteiger partial charge < -0.3 is 15.1 Å². The molecular weight excluding hydrogens is 296 g/mol. The molecular formula is C16H28N4O3. The van der Waals surface area contributed by atoms with Gasteiger partial charge in [-0.05, 0) is 32.2 Å². The molecule has 0 spiro atoms. The summed E-state index contributed by atoms with van der Waals surface area (Å²) >= 11 is 0. The third kappa shape index (κ3) is 4.92. The number of hydrogen-bond donors (Lipinski definition) is 1. The minimum absolute atomic E-state index is 0.0452. The van der Waals surface area contributed by atoms with E-state index in [1.54, 1.807) is 19.0 Å². The van der Waals surface area contributed by atoms with Crippen molar-refractivity contribution in [1.82, 2.24) is 20.0 Å². The Morgan fingerprint density at radius 2 is 2.04 bits per heavy atom. The Morgan fingerprint density at radius 3 is 2.70 bits per heavy atom. The Kier molecular flexibility index (Phi) is 6.38. The molecule has 0 aromatic heterocycles. The van der Waals surface area contributed by atoms with E-state index in [9.17, 15) is 14.4 Å². The largest absolute Gasteiger partial charge is 0.355 e. The van der Waals surface area contributed by atoms with Gasteiger partial charge in [0.05, 0.1) is 12.6 Å². The second-order valence-corrected chi connectivity index (χ2v) is 6.55. The molecule has 0 aliphatic carbocycles. The molecule has 7 heteroatoms. The van der Waals surface area contributed by atoms with Gasteiger partial charge >= 0.3 is 0 Å². The van der Waals surface area contributed by atoms with E-state index in [1.165, 1.54) is 0 Å². The van der Waals surface area contributed by atoms with E-state index in [4.69, 9.17) is 0 Å². The first-order chi connectivity index (χ1) is 11.0. The molecule has 0 saturated carbocycles. The van der Waals surface area contributed by atoms with E-state index >= 15 is 0 Å². The summed E-state index contributed by atoms with van der Waals surface area (Å²) in [7, 11) is 3.50. The van der Waals surface area contributed by atoms with Crippen LogP contribution in [0.2, 0.25) is 0 Å². The van der Waals surface area contributed by atoms with Crippen LogP contribution >= 0.6 is 0 Å². The number of nitrogens with one attached hydrogen (secondary N) is 1. The van der Waals surface area contributed by atoms with Gasteiger partial charge in [-0.25, -0.2) is 0 Å². The van der Waals surface area contributed by atoms with Gasteiger partial charge in [-0.2, -0.15) is 0 Å². The van der Waals surface area contributed by atoms with E-state index in [-0.39, 0.29) is 30.3 Å². The molecule has 1 atom stereocenters. The third-order valence-electron chi connectivity index (χ3n) is 4.53. The highest BCUT2D eigenvalue weighted by Gasteiger charge is 2.32. The fourth-order valence-electron chi connectivity index (χ4n) is 3.27. The lowest BCUT2D eigenvalue weighted by atomic mass is 10.2. The molecule has 2 heterocycles. The second kappa shape index (κ2) is 8.29. The first-order valence-corrected chi connectivity index (χ1v) is 8.48. The number of carbonyl (C=O) groups excluding carboxylic acids is 3. The van der Waals surface area contributed by atoms with Gasteiger partial charge in [0.15, 0.2) is 0 Å². The van der Waals surface area contributed by atoms with Crippen molar-refractivity contribution in [3.8, 4) is 0 Å². The zero-order chi connectivity index (χ0) is 16.8. The number of amides is 3. The molecule has 2 saturated heterocycles. The average molecular weight is 324 g/mol. The van der Waals surface area contributed by atoms with E-state index in [0.717, 1.165) is 38.8 Å². The van der Waals surface area contributed by atoms with E-state index in [2.05, 4.69) is 5.32 Å². The Hall–Kier alpha value is -1.63. The van der Waals surface area contributed by atoms with Crippen molar-refractivity contribution in [2.75, 3.05) is 46.8 Å². The van der Waals surface area contributed by atoms with Gasteiger partial charge in [0.2, 0.25) is 17.7 Å². The monoisotopic (exact) mass is 324 g/mol. The molecule has 1 unspecified atom stereocenters. The molecule has 2 fully saturated rings. The van der Waals surface area contributed by atoms with Crippen LogP contribution in [0.1, 0.15) is 32.1 Å². The molecule has 23 heavy (non-hydrogen) atoms. The van der Waals surface area contributed by atoms with Crippen LogP contribution in [-0.2, 0) is 14.4 Å². The Morgan fingerprint density at radius 1 is 1.26 bits per heavy atom. The lowest BCUT2D eigenvalue weighted by molar-refractivity contribution is -0.134. The van der Waals surface area contributed by atoms with Crippen molar-refractivity contribution < 1.29 is 14.4 Å². The van der Waals surface area contributed by atoms with Crippen LogP contribution in [0.3, 0.4) is 0 Å². The van der Waals surface area contributed by atoms with Crippen molar-refractivity contribution >= 4 is 17.7 Å². The number of rotatable bonds is 7. The van der Waals surface area contributed by atoms with Gasteiger partial charge in [-0.15, -0.1) is 0 Å². The molecule has 0 radical (unpaired) electrons. The summed E-state index contributed by atoms with van der Waals surface area (Å²) in [4.78, 5) is 41.0. The van der Waals surface area contributed by atoms with Gasteiger partial charge in [-0.3, -0.25) is 19.3 Å². The van der Waals surface area contributed by atoms with Crippen molar-refractivity contribution in [3.63, 3.8) is 0 Å². The maximum Gasteiger partial charge on any atom is 0.239 e. The van der Waals surface area contributed by atoms with Crippen molar-refractivity contribution in [1.29, 1.82) is 0 Å². The van der Waals surface area contributed by atoms with Gasteiger partial charge in [0.1, 0.15) is 0 Å². The van der Waals surface area contributed by atoms with Crippen molar-refractivity contribution in [3.05, 3.63) is 0 Å². The lowest BCUT2D eigenvalue weighted by Gasteiger charge is -2.25. The maximum atomic E-state index is 12.1. The average Bonchev–Trinajstić information content (AvgIpc) is 3.12. The van der Waals surface area contributed by atoms with Gasteiger partial charge in [-0.1, -0.05) is 0 Å². The topological polar surface area (TPSA) is 73.0 Å². The highest BCUT2D eigenvalue weighted by atomic mass is 16.2. The zero-order valence-electron chi connectivity index (χ0n) is 14.2. The fourth-order valence-corrected chi connectivity index (χ4v) is 3.27. The second-order valence-electron chi connectivity index (χ2n) is 6.55. The highest BCUT2D eigenvalue weighted by molar-refractivity contribution is 5.83. The molecule has 130 valence electrons. The van der Waals surface area contributed by atoms with E-state index in [0.29, 0.717) is 19.5 Å². The summed E-state index contributed by atoms with van der Waals surface area (Å²) < 4.78 is 0. The summed E-state index contributed by atoms with van der Waals surface area (Å²) in [5.74, 6) is 0.248. The Balaban J connectivity index is 1.66. The summed E-state index contributed by atoms with van der Waals surface area (Å²) in [6, 6.07) is -0.169. The number of hydrogen-bond acceptors (Lipinski definition) is 4. The molecule has 3 amide bonds. The van der Waals surface area contributed by atoms with Crippen LogP contribution in [0, 0.1) is 0 Å². The fraction of sp³-hybridized carbons (Fsp3) is 0.812. The quantitative estimate of drug-likeness (QED) is 0.651. The standard InChI is InChI=1S/C16H28N4O3/c1-18(2)16(23)13-6-3-10-20(13)12-14(21)17-8-5-11-19-9-4-7-15(19)22/h13H,3-12H2,1-2H3,(H,17,21). The predicted octanol–water partition coefficient (Wildman–Crippen LogP) is -0.332. The van der Waals surface area contributed by atoms with Crippen LogP contribution in [0.5, 0.6) is 0 Å². The van der Waals surface area contributed by atoms with Crippen LogP contribution in [0.25, 0.3) is 0 Å². The molecule has 2 rings (SSSR count). The Labute approximate surface area is 138 Å². The number of nitrogens with zero attached hydrogens (tertiary/aromatic N) is 3. The number of likely N-dealkylation sites (tertiary alicyclic amines) is 2. The molecule has 0 bridgehead atoms. The van der Waals surface area contributed by atoms with Crippen LogP contribution < -0.4 is 5.32 Å². The Bertz CT molecular complexity index is 453. The molecule has 2 aliphatic rings. The number of carbonyl (C=O) groups is 3. The molecule has 2 aliphatic heterocycles. The third-order valence-corrected chi connectivity index (χ3v) is 4.53. The maximum absolute atomic E-state index is 12.1. The zero-order valence-corrected chi connectivity index (χ0v) is 14.2. The molecule has 0 aromatic rings. The number of likely N-dealkylation sites (N-methyl/N-ethyl adjacent to an activating group) is 1. The van der Waals surface area contributed by atoms with Crippen LogP contribution in [0.4, 0.5) is 0 Å². The smallest absolute Gasteiger partial charge is 0.239 e. The highest BCUT2D eigenvalue weighted by Crippen LogP contribution is 2.18. The summed E-state index contributed by atoms with van der Waals surface area (Å²) in [6.45, 7) is 3.19. The van der Waals surface area contributed by atoms with Gasteiger partial charge in [0.25, 0.3) is 0 Å². The summed E-state index contributed by atoms with van der Waals surface area (Å²) in [5, 5.41) is 2.89. The summed E-state index contributed by atoms with van der Waals surface area (Å²) in [5.41, 5.74) is 0. The molecule has 7 nitrogen and oxygen atoms in total. The summed E-state index contributed by atoms with van der Waals surface area (Å²) in [6.07, 6.45) is 4.15. The van der Waals surface area contributed by atoms with Crippen molar-refractivity contribution in [2.45, 2.75) is 38.1 Å². The molecule has 0 aromatic carbocycles. The van der Waals surface area contributed by atoms with Crippen LogP contribution in [0.15, 0.2) is 0 Å². The SMILES string of the molecule is CN(C)C(=O)C1CCCN1CC(=O)NCCCN1CCCC1=O. The van der Waals surface area contributed by atoms with Gasteiger partial charge in [0, 0.05) is 40.2 Å². The lowest BCUT2D eigenvalue weighted by Crippen LogP contribution is -2.46. The van der Waals surface area contributed by atoms with Crippen LogP contribution in [-0.4, -0.2) is 85.3 Å². The first-order valence-electron chi connectivity index (χ1n) is 8.48. The predicted molar refractivity (Wildman–Crippen MR) is 86.7 cm³/mol. The first kappa shape index (κ1) is 17.7. The normalized spacial score (nSPS) is 21.7. The minimum atomic E-state index is -0.169.